The van der Waals surface area contributed by atoms with Crippen LogP contribution in [0.1, 0.15) is 45.9 Å². The smallest absolute Gasteiger partial charge is 0.195 e. The first kappa shape index (κ1) is 15.4. The third-order valence-electron chi connectivity index (χ3n) is 3.34. The van der Waals surface area contributed by atoms with E-state index in [2.05, 4.69) is 47.5 Å². The Kier molecular flexibility index (Phi) is 6.57. The predicted molar refractivity (Wildman–Crippen MR) is 78.4 cm³/mol. The Hall–Kier alpha value is -0.680. The Morgan fingerprint density at radius 2 is 2.11 bits per heavy atom. The van der Waals surface area contributed by atoms with Crippen molar-refractivity contribution in [3.8, 4) is 0 Å². The van der Waals surface area contributed by atoms with Crippen molar-refractivity contribution < 1.29 is 0 Å². The van der Waals surface area contributed by atoms with Crippen molar-refractivity contribution in [2.24, 2.45) is 0 Å². The van der Waals surface area contributed by atoms with E-state index in [0.717, 1.165) is 42.9 Å². The molecule has 0 fully saturated rings. The summed E-state index contributed by atoms with van der Waals surface area (Å²) in [6, 6.07) is 0.622. The molecule has 1 heterocycles. The van der Waals surface area contributed by atoms with Gasteiger partial charge in [-0.15, -0.1) is 0 Å². The molecule has 4 nitrogen and oxygen atoms in total. The second kappa shape index (κ2) is 7.69. The van der Waals surface area contributed by atoms with Crippen molar-refractivity contribution in [1.82, 2.24) is 19.7 Å². The number of rotatable bonds is 8. The maximum atomic E-state index is 5.26. The molecular formula is C13H26N4S. The summed E-state index contributed by atoms with van der Waals surface area (Å²) in [6.07, 6.45) is 4.46. The molecule has 5 heteroatoms. The molecule has 0 aromatic carbocycles. The first-order valence-electron chi connectivity index (χ1n) is 6.90. The highest BCUT2D eigenvalue weighted by Crippen LogP contribution is 2.05. The van der Waals surface area contributed by atoms with E-state index in [0.29, 0.717) is 6.04 Å². The first-order valence-corrected chi connectivity index (χ1v) is 7.31. The van der Waals surface area contributed by atoms with E-state index < -0.39 is 0 Å². The number of nitrogens with one attached hydrogen (secondary N) is 1. The van der Waals surface area contributed by atoms with Crippen LogP contribution in [0, 0.1) is 4.77 Å². The van der Waals surface area contributed by atoms with Gasteiger partial charge in [0.25, 0.3) is 0 Å². The maximum Gasteiger partial charge on any atom is 0.195 e. The molecule has 0 saturated carbocycles. The summed E-state index contributed by atoms with van der Waals surface area (Å²) in [4.78, 5) is 2.38. The minimum Gasteiger partial charge on any atom is -0.304 e. The summed E-state index contributed by atoms with van der Waals surface area (Å²) in [5, 5.41) is 7.18. The van der Waals surface area contributed by atoms with Gasteiger partial charge in [0.1, 0.15) is 5.82 Å². The number of aromatic amines is 1. The second-order valence-corrected chi connectivity index (χ2v) is 5.51. The molecule has 0 saturated heterocycles. The summed E-state index contributed by atoms with van der Waals surface area (Å²) < 4.78 is 2.91. The van der Waals surface area contributed by atoms with E-state index in [4.69, 9.17) is 12.2 Å². The van der Waals surface area contributed by atoms with Crippen LogP contribution in [0.5, 0.6) is 0 Å². The number of aromatic nitrogens is 3. The van der Waals surface area contributed by atoms with Crippen molar-refractivity contribution in [1.29, 1.82) is 0 Å². The Morgan fingerprint density at radius 3 is 2.72 bits per heavy atom. The van der Waals surface area contributed by atoms with Crippen LogP contribution < -0.4 is 0 Å². The minimum absolute atomic E-state index is 0.622. The average molecular weight is 270 g/mol. The fourth-order valence-electron chi connectivity index (χ4n) is 1.88. The minimum atomic E-state index is 0.622. The maximum absolute atomic E-state index is 5.26. The molecule has 0 unspecified atom stereocenters. The molecule has 1 aromatic rings. The van der Waals surface area contributed by atoms with Crippen LogP contribution >= 0.6 is 12.2 Å². The van der Waals surface area contributed by atoms with Crippen molar-refractivity contribution in [2.45, 2.75) is 59.0 Å². The van der Waals surface area contributed by atoms with Crippen molar-refractivity contribution in [3.63, 3.8) is 0 Å². The second-order valence-electron chi connectivity index (χ2n) is 5.13. The number of hydrogen-bond donors (Lipinski definition) is 1. The lowest BCUT2D eigenvalue weighted by Crippen LogP contribution is -2.27. The monoisotopic (exact) mass is 270 g/mol. The molecule has 104 valence electrons. The van der Waals surface area contributed by atoms with Crippen molar-refractivity contribution >= 4 is 12.2 Å². The molecule has 0 aliphatic rings. The Labute approximate surface area is 115 Å². The van der Waals surface area contributed by atoms with Gasteiger partial charge < -0.3 is 9.47 Å². The van der Waals surface area contributed by atoms with Gasteiger partial charge in [0.05, 0.1) is 0 Å². The van der Waals surface area contributed by atoms with E-state index in [1.807, 2.05) is 0 Å². The van der Waals surface area contributed by atoms with Crippen LogP contribution in [-0.2, 0) is 13.0 Å². The fourth-order valence-corrected chi connectivity index (χ4v) is 2.13. The summed E-state index contributed by atoms with van der Waals surface area (Å²) in [5.41, 5.74) is 0. The topological polar surface area (TPSA) is 36.9 Å². The number of unbranched alkanes of at least 4 members (excludes halogenated alkanes) is 1. The molecule has 1 N–H and O–H groups in total. The van der Waals surface area contributed by atoms with Crippen molar-refractivity contribution in [3.05, 3.63) is 10.6 Å². The zero-order valence-corrected chi connectivity index (χ0v) is 12.9. The standard InChI is InChI=1S/C13H26N4S/c1-5-8-12-14-15-13(18)17(12)10-7-6-9-16(4)11(2)3/h11H,5-10H2,1-4H3,(H,15,18). The third-order valence-corrected chi connectivity index (χ3v) is 3.65. The molecule has 18 heavy (non-hydrogen) atoms. The fraction of sp³-hybridized carbons (Fsp3) is 0.846. The number of H-pyrrole nitrogens is 1. The number of nitrogens with zero attached hydrogens (tertiary/aromatic N) is 3. The Balaban J connectivity index is 2.39. The Morgan fingerprint density at radius 1 is 1.39 bits per heavy atom. The SMILES string of the molecule is CCCc1n[nH]c(=S)n1CCCCN(C)C(C)C. The quantitative estimate of drug-likeness (QED) is 0.583. The molecule has 0 spiro atoms. The van der Waals surface area contributed by atoms with E-state index in [9.17, 15) is 0 Å². The van der Waals surface area contributed by atoms with Crippen LogP contribution in [0.4, 0.5) is 0 Å². The van der Waals surface area contributed by atoms with Crippen LogP contribution in [0.25, 0.3) is 0 Å². The molecule has 0 aliphatic heterocycles. The van der Waals surface area contributed by atoms with E-state index in [-0.39, 0.29) is 0 Å². The summed E-state index contributed by atoms with van der Waals surface area (Å²) in [6.45, 7) is 8.75. The average Bonchev–Trinajstić information content (AvgIpc) is 2.66. The Bertz CT molecular complexity index is 394. The number of aryl methyl sites for hydroxylation is 1. The van der Waals surface area contributed by atoms with Gasteiger partial charge in [-0.3, -0.25) is 5.10 Å². The molecule has 1 rings (SSSR count). The lowest BCUT2D eigenvalue weighted by atomic mass is 10.2. The van der Waals surface area contributed by atoms with Gasteiger partial charge in [0.15, 0.2) is 4.77 Å². The van der Waals surface area contributed by atoms with Crippen LogP contribution in [0.2, 0.25) is 0 Å². The van der Waals surface area contributed by atoms with E-state index in [1.54, 1.807) is 0 Å². The van der Waals surface area contributed by atoms with Gasteiger partial charge in [0, 0.05) is 19.0 Å². The molecule has 0 aliphatic carbocycles. The molecule has 0 atom stereocenters. The zero-order chi connectivity index (χ0) is 13.5. The van der Waals surface area contributed by atoms with Crippen LogP contribution in [-0.4, -0.2) is 39.3 Å². The van der Waals surface area contributed by atoms with Gasteiger partial charge in [-0.2, -0.15) is 5.10 Å². The highest BCUT2D eigenvalue weighted by atomic mass is 32.1. The highest BCUT2D eigenvalue weighted by Gasteiger charge is 2.06. The molecule has 1 aromatic heterocycles. The van der Waals surface area contributed by atoms with E-state index in [1.165, 1.54) is 6.42 Å². The first-order chi connectivity index (χ1) is 8.56. The van der Waals surface area contributed by atoms with Gasteiger partial charge >= 0.3 is 0 Å². The normalized spacial score (nSPS) is 11.7. The largest absolute Gasteiger partial charge is 0.304 e. The van der Waals surface area contributed by atoms with Crippen LogP contribution in [0.15, 0.2) is 0 Å². The van der Waals surface area contributed by atoms with Gasteiger partial charge in [-0.25, -0.2) is 0 Å². The van der Waals surface area contributed by atoms with E-state index >= 15 is 0 Å². The van der Waals surface area contributed by atoms with Gasteiger partial charge in [-0.1, -0.05) is 6.92 Å². The molecule has 0 radical (unpaired) electrons. The third kappa shape index (κ3) is 4.53. The van der Waals surface area contributed by atoms with Crippen LogP contribution in [0.3, 0.4) is 0 Å². The summed E-state index contributed by atoms with van der Waals surface area (Å²) >= 11 is 5.26. The summed E-state index contributed by atoms with van der Waals surface area (Å²) in [5.74, 6) is 1.10. The molecule has 0 amide bonds. The lowest BCUT2D eigenvalue weighted by Gasteiger charge is -2.20. The number of hydrogen-bond acceptors (Lipinski definition) is 3. The van der Waals surface area contributed by atoms with Gasteiger partial charge in [-0.05, 0) is 58.9 Å². The highest BCUT2D eigenvalue weighted by molar-refractivity contribution is 7.71. The molecular weight excluding hydrogens is 244 g/mol. The van der Waals surface area contributed by atoms with Crippen molar-refractivity contribution in [2.75, 3.05) is 13.6 Å². The predicted octanol–water partition coefficient (Wildman–Crippen LogP) is 3.01. The zero-order valence-electron chi connectivity index (χ0n) is 12.1. The van der Waals surface area contributed by atoms with Gasteiger partial charge in [0.2, 0.25) is 0 Å². The summed E-state index contributed by atoms with van der Waals surface area (Å²) in [7, 11) is 2.18. The lowest BCUT2D eigenvalue weighted by molar-refractivity contribution is 0.266. The molecule has 0 bridgehead atoms.